The molecule has 0 N–H and O–H groups in total. The Morgan fingerprint density at radius 2 is 1.45 bits per heavy atom. The number of hydrogen-bond donors (Lipinski definition) is 0. The van der Waals surface area contributed by atoms with Crippen LogP contribution in [0.15, 0.2) is 126 Å². The summed E-state index contributed by atoms with van der Waals surface area (Å²) in [5.74, 6) is 2.25. The summed E-state index contributed by atoms with van der Waals surface area (Å²) in [5, 5.41) is 9.12. The van der Waals surface area contributed by atoms with Crippen molar-refractivity contribution in [1.29, 1.82) is 0 Å². The van der Waals surface area contributed by atoms with Gasteiger partial charge in [0.1, 0.15) is 19.0 Å². The molecule has 5 nitrogen and oxygen atoms in total. The van der Waals surface area contributed by atoms with Crippen molar-refractivity contribution in [2.45, 2.75) is 25.7 Å². The largest absolute Gasteiger partial charge is 0.485 e. The van der Waals surface area contributed by atoms with E-state index in [9.17, 15) is 0 Å². The summed E-state index contributed by atoms with van der Waals surface area (Å²) in [6.07, 6.45) is 2.58. The first-order valence-corrected chi connectivity index (χ1v) is 13.5. The second kappa shape index (κ2) is 11.3. The highest BCUT2D eigenvalue weighted by Crippen LogP contribution is 2.40. The first-order valence-electron chi connectivity index (χ1n) is 12.6. The van der Waals surface area contributed by atoms with Crippen molar-refractivity contribution in [2.24, 2.45) is 5.10 Å². The molecule has 1 atom stereocenters. The molecule has 5 aromatic rings. The number of hydrogen-bond acceptors (Lipinski definition) is 6. The fourth-order valence-electron chi connectivity index (χ4n) is 4.50. The predicted molar refractivity (Wildman–Crippen MR) is 153 cm³/mol. The Hall–Kier alpha value is -4.42. The monoisotopic (exact) mass is 517 g/mol. The van der Waals surface area contributed by atoms with Crippen molar-refractivity contribution >= 4 is 22.9 Å². The lowest BCUT2D eigenvalue weighted by molar-refractivity contribution is 0.255. The number of pyridine rings is 1. The second-order valence-electron chi connectivity index (χ2n) is 9.03. The topological polar surface area (TPSA) is 47.0 Å². The third-order valence-electron chi connectivity index (χ3n) is 6.43. The maximum absolute atomic E-state index is 6.36. The van der Waals surface area contributed by atoms with E-state index in [1.54, 1.807) is 17.5 Å². The van der Waals surface area contributed by atoms with Gasteiger partial charge in [-0.1, -0.05) is 78.9 Å². The van der Waals surface area contributed by atoms with Gasteiger partial charge in [-0.05, 0) is 52.4 Å². The minimum absolute atomic E-state index is 0.00995. The quantitative estimate of drug-likeness (QED) is 0.201. The van der Waals surface area contributed by atoms with Gasteiger partial charge < -0.3 is 9.47 Å². The molecule has 3 heterocycles. The standard InChI is InChI=1S/C32H27N3O2S/c1-3-10-24(11-4-1)22-36-29-17-16-26(20-30(29)37-23-25-12-5-2-6-13-25)28-21-27(31-14-9-19-38-31)34-35(28)32-15-7-8-18-33-32/h1-20,28H,21-23H2. The maximum atomic E-state index is 6.36. The molecule has 0 saturated carbocycles. The molecule has 1 aliphatic heterocycles. The van der Waals surface area contributed by atoms with E-state index in [1.807, 2.05) is 65.7 Å². The smallest absolute Gasteiger partial charge is 0.162 e. The molecular formula is C32H27N3O2S. The highest BCUT2D eigenvalue weighted by atomic mass is 32.1. The van der Waals surface area contributed by atoms with Crippen molar-refractivity contribution in [3.8, 4) is 11.5 Å². The number of ether oxygens (including phenoxy) is 2. The van der Waals surface area contributed by atoms with Gasteiger partial charge in [0, 0.05) is 12.6 Å². The van der Waals surface area contributed by atoms with Gasteiger partial charge >= 0.3 is 0 Å². The molecule has 0 bridgehead atoms. The molecule has 1 aliphatic rings. The van der Waals surface area contributed by atoms with Crippen LogP contribution in [-0.2, 0) is 13.2 Å². The second-order valence-corrected chi connectivity index (χ2v) is 9.98. The van der Waals surface area contributed by atoms with Gasteiger partial charge in [0.15, 0.2) is 11.5 Å². The van der Waals surface area contributed by atoms with E-state index in [-0.39, 0.29) is 6.04 Å². The molecule has 1 unspecified atom stereocenters. The molecule has 3 aromatic carbocycles. The van der Waals surface area contributed by atoms with Crippen molar-refractivity contribution in [1.82, 2.24) is 4.98 Å². The highest BCUT2D eigenvalue weighted by Gasteiger charge is 2.31. The first kappa shape index (κ1) is 23.9. The van der Waals surface area contributed by atoms with Crippen LogP contribution in [0.4, 0.5) is 5.82 Å². The van der Waals surface area contributed by atoms with Crippen LogP contribution in [0.25, 0.3) is 0 Å². The van der Waals surface area contributed by atoms with E-state index in [1.165, 1.54) is 4.88 Å². The van der Waals surface area contributed by atoms with Crippen LogP contribution >= 0.6 is 11.3 Å². The number of rotatable bonds is 9. The molecule has 0 spiro atoms. The summed E-state index contributed by atoms with van der Waals surface area (Å²) in [5.41, 5.74) is 4.37. The Morgan fingerprint density at radius 1 is 0.737 bits per heavy atom. The van der Waals surface area contributed by atoms with Crippen LogP contribution in [0.3, 0.4) is 0 Å². The van der Waals surface area contributed by atoms with Crippen molar-refractivity contribution in [3.05, 3.63) is 142 Å². The highest BCUT2D eigenvalue weighted by molar-refractivity contribution is 7.12. The molecule has 188 valence electrons. The van der Waals surface area contributed by atoms with Gasteiger partial charge in [-0.2, -0.15) is 5.10 Å². The van der Waals surface area contributed by atoms with Crippen molar-refractivity contribution in [3.63, 3.8) is 0 Å². The van der Waals surface area contributed by atoms with E-state index < -0.39 is 0 Å². The Balaban J connectivity index is 1.32. The molecule has 0 radical (unpaired) electrons. The zero-order valence-corrected chi connectivity index (χ0v) is 21.6. The average molecular weight is 518 g/mol. The minimum atomic E-state index is -0.00995. The lowest BCUT2D eigenvalue weighted by Crippen LogP contribution is -2.19. The Morgan fingerprint density at radius 3 is 2.11 bits per heavy atom. The van der Waals surface area contributed by atoms with Crippen LogP contribution in [0, 0.1) is 0 Å². The van der Waals surface area contributed by atoms with Gasteiger partial charge in [0.2, 0.25) is 0 Å². The van der Waals surface area contributed by atoms with E-state index in [4.69, 9.17) is 14.6 Å². The zero-order chi connectivity index (χ0) is 25.6. The summed E-state index contributed by atoms with van der Waals surface area (Å²) in [4.78, 5) is 5.78. The van der Waals surface area contributed by atoms with Crippen LogP contribution in [0.5, 0.6) is 11.5 Å². The van der Waals surface area contributed by atoms with E-state index in [0.717, 1.165) is 40.4 Å². The summed E-state index contributed by atoms with van der Waals surface area (Å²) >= 11 is 1.71. The third-order valence-corrected chi connectivity index (χ3v) is 7.35. The molecule has 2 aromatic heterocycles. The van der Waals surface area contributed by atoms with E-state index >= 15 is 0 Å². The Bertz CT molecular complexity index is 1490. The zero-order valence-electron chi connectivity index (χ0n) is 20.8. The minimum Gasteiger partial charge on any atom is -0.485 e. The summed E-state index contributed by atoms with van der Waals surface area (Å²) in [7, 11) is 0. The van der Waals surface area contributed by atoms with E-state index in [2.05, 4.69) is 58.9 Å². The molecule has 38 heavy (non-hydrogen) atoms. The lowest BCUT2D eigenvalue weighted by atomic mass is 10.0. The summed E-state index contributed by atoms with van der Waals surface area (Å²) in [6, 6.07) is 36.7. The normalized spacial score (nSPS) is 14.8. The molecule has 0 aliphatic carbocycles. The van der Waals surface area contributed by atoms with Crippen molar-refractivity contribution < 1.29 is 9.47 Å². The fraction of sp³-hybridized carbons (Fsp3) is 0.125. The van der Waals surface area contributed by atoms with Crippen LogP contribution in [0.1, 0.15) is 34.0 Å². The molecule has 0 amide bonds. The molecule has 6 heteroatoms. The number of nitrogens with zero attached hydrogens (tertiary/aromatic N) is 3. The molecule has 0 fully saturated rings. The number of benzene rings is 3. The molecule has 6 rings (SSSR count). The number of thiophene rings is 1. The average Bonchev–Trinajstić information content (AvgIpc) is 3.68. The molecule has 0 saturated heterocycles. The van der Waals surface area contributed by atoms with Gasteiger partial charge in [-0.25, -0.2) is 9.99 Å². The number of aromatic nitrogens is 1. The van der Waals surface area contributed by atoms with Crippen LogP contribution in [0.2, 0.25) is 0 Å². The van der Waals surface area contributed by atoms with Gasteiger partial charge in [-0.3, -0.25) is 0 Å². The van der Waals surface area contributed by atoms with Crippen LogP contribution in [-0.4, -0.2) is 10.7 Å². The predicted octanol–water partition coefficient (Wildman–Crippen LogP) is 7.66. The number of hydrazone groups is 1. The maximum Gasteiger partial charge on any atom is 0.162 e. The third kappa shape index (κ3) is 5.45. The van der Waals surface area contributed by atoms with Gasteiger partial charge in [-0.15, -0.1) is 11.3 Å². The summed E-state index contributed by atoms with van der Waals surface area (Å²) in [6.45, 7) is 0.925. The van der Waals surface area contributed by atoms with Crippen LogP contribution < -0.4 is 14.5 Å². The van der Waals surface area contributed by atoms with Crippen molar-refractivity contribution in [2.75, 3.05) is 5.01 Å². The van der Waals surface area contributed by atoms with Gasteiger partial charge in [0.05, 0.1) is 16.6 Å². The lowest BCUT2D eigenvalue weighted by Gasteiger charge is -2.24. The Kier molecular flexibility index (Phi) is 7.13. The SMILES string of the molecule is c1ccc(COc2ccc(C3CC(c4cccs4)=NN3c3ccccn3)cc2OCc2ccccc2)cc1. The Labute approximate surface area is 226 Å². The van der Waals surface area contributed by atoms with Gasteiger partial charge in [0.25, 0.3) is 0 Å². The number of anilines is 1. The van der Waals surface area contributed by atoms with E-state index in [0.29, 0.717) is 19.0 Å². The first-order chi connectivity index (χ1) is 18.8. The molecular weight excluding hydrogens is 490 g/mol. The fourth-order valence-corrected chi connectivity index (χ4v) is 5.22. The summed E-state index contributed by atoms with van der Waals surface area (Å²) < 4.78 is 12.6.